The number of ether oxygens (including phenoxy) is 1. The molecule has 2 aromatic carbocycles. The molecular formula is C18H20FNO. The fraction of sp³-hybridized carbons (Fsp3) is 0.333. The van der Waals surface area contributed by atoms with Crippen molar-refractivity contribution in [3.05, 3.63) is 58.7 Å². The normalized spacial score (nSPS) is 14.4. The lowest BCUT2D eigenvalue weighted by molar-refractivity contribution is 0.335. The molecule has 1 N–H and O–H groups in total. The van der Waals surface area contributed by atoms with Crippen LogP contribution in [0.25, 0.3) is 0 Å². The molecule has 0 aliphatic carbocycles. The minimum absolute atomic E-state index is 0.336. The topological polar surface area (TPSA) is 21.3 Å². The van der Waals surface area contributed by atoms with Crippen LogP contribution in [0.1, 0.15) is 28.4 Å². The number of para-hydroxylation sites is 1. The average Bonchev–Trinajstić information content (AvgIpc) is 2.95. The third-order valence-corrected chi connectivity index (χ3v) is 4.05. The summed E-state index contributed by atoms with van der Waals surface area (Å²) in [7, 11) is 1.63. The van der Waals surface area contributed by atoms with Gasteiger partial charge in [-0.2, -0.15) is 0 Å². The highest BCUT2D eigenvalue weighted by atomic mass is 19.1. The van der Waals surface area contributed by atoms with Gasteiger partial charge in [0, 0.05) is 24.2 Å². The lowest BCUT2D eigenvalue weighted by atomic mass is 9.97. The fourth-order valence-corrected chi connectivity index (χ4v) is 3.00. The second kappa shape index (κ2) is 5.76. The van der Waals surface area contributed by atoms with Crippen molar-refractivity contribution in [1.29, 1.82) is 0 Å². The van der Waals surface area contributed by atoms with Crippen LogP contribution in [0.3, 0.4) is 0 Å². The van der Waals surface area contributed by atoms with Crippen LogP contribution in [0.5, 0.6) is 5.75 Å². The van der Waals surface area contributed by atoms with E-state index in [-0.39, 0.29) is 0 Å². The highest BCUT2D eigenvalue weighted by Crippen LogP contribution is 2.35. The van der Waals surface area contributed by atoms with Crippen LogP contribution in [0.4, 0.5) is 10.1 Å². The summed E-state index contributed by atoms with van der Waals surface area (Å²) in [5.41, 5.74) is 4.99. The van der Waals surface area contributed by atoms with E-state index in [0.29, 0.717) is 6.42 Å². The number of aryl methyl sites for hydroxylation is 1. The molecule has 0 fully saturated rings. The van der Waals surface area contributed by atoms with Crippen molar-refractivity contribution in [2.45, 2.75) is 25.9 Å². The molecule has 3 heteroatoms. The number of fused-ring (bicyclic) bond motifs is 1. The van der Waals surface area contributed by atoms with Crippen LogP contribution in [0.2, 0.25) is 0 Å². The molecular weight excluding hydrogens is 265 g/mol. The first-order chi connectivity index (χ1) is 10.2. The van der Waals surface area contributed by atoms with E-state index in [1.54, 1.807) is 7.11 Å². The summed E-state index contributed by atoms with van der Waals surface area (Å²) in [5.74, 6) is 0.754. The number of benzene rings is 2. The quantitative estimate of drug-likeness (QED) is 0.908. The predicted octanol–water partition coefficient (Wildman–Crippen LogP) is 4.22. The molecule has 0 saturated heterocycles. The summed E-state index contributed by atoms with van der Waals surface area (Å²) in [6.07, 6.45) is 0.286. The third kappa shape index (κ3) is 2.73. The van der Waals surface area contributed by atoms with Crippen LogP contribution < -0.4 is 10.1 Å². The van der Waals surface area contributed by atoms with Gasteiger partial charge in [0.1, 0.15) is 11.9 Å². The van der Waals surface area contributed by atoms with E-state index in [2.05, 4.69) is 11.4 Å². The van der Waals surface area contributed by atoms with E-state index >= 15 is 0 Å². The number of alkyl halides is 1. The molecule has 0 aromatic heterocycles. The Bertz CT molecular complexity index is 654. The van der Waals surface area contributed by atoms with Gasteiger partial charge >= 0.3 is 0 Å². The Morgan fingerprint density at radius 2 is 2.14 bits per heavy atom. The molecule has 1 aliphatic rings. The summed E-state index contributed by atoms with van der Waals surface area (Å²) in [6.45, 7) is 2.91. The SMILES string of the molecule is COc1ccc(C)cc1CC(F)c1cccc2c1NCC2. The molecule has 3 rings (SSSR count). The summed E-state index contributed by atoms with van der Waals surface area (Å²) >= 11 is 0. The number of halogens is 1. The number of nitrogens with one attached hydrogen (secondary N) is 1. The van der Waals surface area contributed by atoms with Crippen molar-refractivity contribution in [1.82, 2.24) is 0 Å². The smallest absolute Gasteiger partial charge is 0.131 e. The van der Waals surface area contributed by atoms with Crippen LogP contribution in [-0.2, 0) is 12.8 Å². The van der Waals surface area contributed by atoms with E-state index in [9.17, 15) is 4.39 Å². The molecule has 0 radical (unpaired) electrons. The minimum Gasteiger partial charge on any atom is -0.496 e. The first-order valence-corrected chi connectivity index (χ1v) is 7.32. The van der Waals surface area contributed by atoms with Gasteiger partial charge in [0.25, 0.3) is 0 Å². The van der Waals surface area contributed by atoms with Gasteiger partial charge in [0.15, 0.2) is 0 Å². The van der Waals surface area contributed by atoms with Crippen LogP contribution in [0, 0.1) is 6.92 Å². The molecule has 2 nitrogen and oxygen atoms in total. The van der Waals surface area contributed by atoms with E-state index in [0.717, 1.165) is 41.1 Å². The molecule has 0 bridgehead atoms. The lowest BCUT2D eigenvalue weighted by Crippen LogP contribution is -2.03. The van der Waals surface area contributed by atoms with Crippen LogP contribution in [0.15, 0.2) is 36.4 Å². The summed E-state index contributed by atoms with van der Waals surface area (Å²) in [4.78, 5) is 0. The van der Waals surface area contributed by atoms with Gasteiger partial charge in [0.2, 0.25) is 0 Å². The van der Waals surface area contributed by atoms with Crippen molar-refractivity contribution >= 4 is 5.69 Å². The molecule has 21 heavy (non-hydrogen) atoms. The average molecular weight is 285 g/mol. The zero-order valence-electron chi connectivity index (χ0n) is 12.4. The Morgan fingerprint density at radius 1 is 1.29 bits per heavy atom. The molecule has 1 unspecified atom stereocenters. The number of anilines is 1. The van der Waals surface area contributed by atoms with Crippen molar-refractivity contribution in [2.75, 3.05) is 19.0 Å². The molecule has 110 valence electrons. The maximum atomic E-state index is 14.8. The maximum absolute atomic E-state index is 14.8. The van der Waals surface area contributed by atoms with E-state index < -0.39 is 6.17 Å². The largest absolute Gasteiger partial charge is 0.496 e. The fourth-order valence-electron chi connectivity index (χ4n) is 3.00. The molecule has 0 amide bonds. The van der Waals surface area contributed by atoms with Gasteiger partial charge in [-0.05, 0) is 30.5 Å². The number of hydrogen-bond donors (Lipinski definition) is 1. The van der Waals surface area contributed by atoms with Gasteiger partial charge in [-0.15, -0.1) is 0 Å². The first kappa shape index (κ1) is 13.9. The highest BCUT2D eigenvalue weighted by molar-refractivity contribution is 5.62. The van der Waals surface area contributed by atoms with Crippen molar-refractivity contribution in [3.8, 4) is 5.75 Å². The summed E-state index contributed by atoms with van der Waals surface area (Å²) < 4.78 is 20.2. The van der Waals surface area contributed by atoms with Gasteiger partial charge in [0.05, 0.1) is 7.11 Å². The Hall–Kier alpha value is -2.03. The van der Waals surface area contributed by atoms with Crippen LogP contribution in [-0.4, -0.2) is 13.7 Å². The van der Waals surface area contributed by atoms with Crippen molar-refractivity contribution in [2.24, 2.45) is 0 Å². The molecule has 0 spiro atoms. The predicted molar refractivity (Wildman–Crippen MR) is 83.9 cm³/mol. The zero-order valence-corrected chi connectivity index (χ0v) is 12.4. The Morgan fingerprint density at radius 3 is 2.95 bits per heavy atom. The molecule has 1 aliphatic heterocycles. The van der Waals surface area contributed by atoms with E-state index in [4.69, 9.17) is 4.74 Å². The lowest BCUT2D eigenvalue weighted by Gasteiger charge is -2.15. The molecule has 0 saturated carbocycles. The van der Waals surface area contributed by atoms with E-state index in [1.165, 1.54) is 5.56 Å². The van der Waals surface area contributed by atoms with Crippen LogP contribution >= 0.6 is 0 Å². The first-order valence-electron chi connectivity index (χ1n) is 7.32. The number of rotatable bonds is 4. The Kier molecular flexibility index (Phi) is 3.82. The molecule has 1 heterocycles. The van der Waals surface area contributed by atoms with E-state index in [1.807, 2.05) is 37.3 Å². The second-order valence-electron chi connectivity index (χ2n) is 5.55. The standard InChI is InChI=1S/C18H20FNO/c1-12-6-7-17(21-2)14(10-12)11-16(19)15-5-3-4-13-8-9-20-18(13)15/h3-7,10,16,20H,8-9,11H2,1-2H3. The third-order valence-electron chi connectivity index (χ3n) is 4.05. The highest BCUT2D eigenvalue weighted by Gasteiger charge is 2.21. The number of hydrogen-bond acceptors (Lipinski definition) is 2. The minimum atomic E-state index is -1.03. The Balaban J connectivity index is 1.89. The molecule has 2 aromatic rings. The number of methoxy groups -OCH3 is 1. The summed E-state index contributed by atoms with van der Waals surface area (Å²) in [5, 5.41) is 3.30. The van der Waals surface area contributed by atoms with Crippen molar-refractivity contribution in [3.63, 3.8) is 0 Å². The Labute approximate surface area is 125 Å². The van der Waals surface area contributed by atoms with Gasteiger partial charge < -0.3 is 10.1 Å². The molecule has 1 atom stereocenters. The van der Waals surface area contributed by atoms with Gasteiger partial charge in [-0.1, -0.05) is 35.9 Å². The van der Waals surface area contributed by atoms with Gasteiger partial charge in [-0.3, -0.25) is 0 Å². The van der Waals surface area contributed by atoms with Gasteiger partial charge in [-0.25, -0.2) is 4.39 Å². The maximum Gasteiger partial charge on any atom is 0.131 e. The zero-order chi connectivity index (χ0) is 14.8. The second-order valence-corrected chi connectivity index (χ2v) is 5.55. The van der Waals surface area contributed by atoms with Crippen molar-refractivity contribution < 1.29 is 9.13 Å². The monoisotopic (exact) mass is 285 g/mol. The summed E-state index contributed by atoms with van der Waals surface area (Å²) in [6, 6.07) is 11.8.